The lowest BCUT2D eigenvalue weighted by Crippen LogP contribution is -2.14. The molecule has 1 amide bonds. The van der Waals surface area contributed by atoms with Gasteiger partial charge in [-0.15, -0.1) is 0 Å². The number of hydrogen-bond donors (Lipinski definition) is 1. The maximum atomic E-state index is 12.8. The van der Waals surface area contributed by atoms with Crippen LogP contribution in [0.5, 0.6) is 5.75 Å². The number of ether oxygens (including phenoxy) is 2. The fourth-order valence-corrected chi connectivity index (χ4v) is 6.18. The van der Waals surface area contributed by atoms with Gasteiger partial charge < -0.3 is 14.6 Å². The number of esters is 1. The second-order valence-corrected chi connectivity index (χ2v) is 11.4. The molecule has 0 fully saturated rings. The normalized spacial score (nSPS) is 14.9. The Morgan fingerprint density at radius 1 is 1.10 bits per heavy atom. The third-order valence-corrected chi connectivity index (χ3v) is 7.89. The third kappa shape index (κ3) is 7.32. The quantitative estimate of drug-likeness (QED) is 0.144. The lowest BCUT2D eigenvalue weighted by Gasteiger charge is -2.12. The molecule has 9 nitrogen and oxygen atoms in total. The molecule has 0 atom stereocenters. The summed E-state index contributed by atoms with van der Waals surface area (Å²) in [6, 6.07) is 16.5. The van der Waals surface area contributed by atoms with Gasteiger partial charge in [-0.25, -0.2) is 9.79 Å². The van der Waals surface area contributed by atoms with Gasteiger partial charge in [0.1, 0.15) is 28.7 Å². The molecule has 12 heteroatoms. The van der Waals surface area contributed by atoms with Crippen molar-refractivity contribution in [1.29, 1.82) is 0 Å². The Morgan fingerprint density at radius 3 is 2.41 bits per heavy atom. The number of aliphatic hydroxyl groups excluding tert-OH is 1. The summed E-state index contributed by atoms with van der Waals surface area (Å²) in [7, 11) is 0. The van der Waals surface area contributed by atoms with Crippen LogP contribution in [0.4, 0.5) is 5.69 Å². The van der Waals surface area contributed by atoms with E-state index in [9.17, 15) is 24.8 Å². The number of hydrogen-bond acceptors (Lipinski definition) is 8. The highest BCUT2D eigenvalue weighted by Crippen LogP contribution is 2.41. The van der Waals surface area contributed by atoms with Crippen molar-refractivity contribution >= 4 is 72.3 Å². The minimum Gasteiger partial charge on any atom is -0.506 e. The van der Waals surface area contributed by atoms with Gasteiger partial charge in [0.05, 0.1) is 25.4 Å². The fraction of sp³-hybridized carbons (Fsp3) is 0.138. The zero-order valence-corrected chi connectivity index (χ0v) is 25.7. The summed E-state index contributed by atoms with van der Waals surface area (Å²) in [6.45, 7) is 3.71. The van der Waals surface area contributed by atoms with Crippen LogP contribution < -0.4 is 4.74 Å². The number of carbonyl (C=O) groups is 2. The van der Waals surface area contributed by atoms with Crippen LogP contribution >= 0.6 is 43.6 Å². The minimum atomic E-state index is -0.788. The first-order valence-electron chi connectivity index (χ1n) is 12.1. The van der Waals surface area contributed by atoms with Crippen LogP contribution in [0.3, 0.4) is 0 Å². The molecule has 0 bridgehead atoms. The van der Waals surface area contributed by atoms with Gasteiger partial charge in [0.15, 0.2) is 0 Å². The molecule has 0 saturated carbocycles. The van der Waals surface area contributed by atoms with Crippen LogP contribution in [-0.4, -0.2) is 33.6 Å². The summed E-state index contributed by atoms with van der Waals surface area (Å²) in [5, 5.41) is 22.0. The van der Waals surface area contributed by atoms with Crippen molar-refractivity contribution in [3.63, 3.8) is 0 Å². The van der Waals surface area contributed by atoms with Gasteiger partial charge in [0.2, 0.25) is 0 Å². The van der Waals surface area contributed by atoms with Crippen LogP contribution in [0.15, 0.2) is 90.8 Å². The first kappa shape index (κ1) is 30.2. The summed E-state index contributed by atoms with van der Waals surface area (Å²) < 4.78 is 12.2. The van der Waals surface area contributed by atoms with Crippen molar-refractivity contribution in [2.45, 2.75) is 20.5 Å². The van der Waals surface area contributed by atoms with Crippen molar-refractivity contribution in [3.8, 4) is 5.75 Å². The highest BCUT2D eigenvalue weighted by molar-refractivity contribution is 9.11. The number of nitro groups is 1. The van der Waals surface area contributed by atoms with Crippen LogP contribution in [0.2, 0.25) is 0 Å². The molecule has 4 rings (SSSR count). The maximum Gasteiger partial charge on any atom is 0.344 e. The van der Waals surface area contributed by atoms with E-state index in [0.717, 1.165) is 17.3 Å². The van der Waals surface area contributed by atoms with Gasteiger partial charge >= 0.3 is 5.97 Å². The standard InChI is InChI=1S/C29H22Br2N2O7S/c1-3-39-29(36)24-25(34)23(41-28(24)32-27(35)19-9-7-16(2)8-10-19)14-18-12-21(30)26(22(31)13-18)40-15-17-5-4-6-20(11-17)33(37)38/h4-14,34H,3,15H2,1-2H3/b23-14-,32-28?. The Balaban J connectivity index is 1.61. The van der Waals surface area contributed by atoms with E-state index in [4.69, 9.17) is 9.47 Å². The van der Waals surface area contributed by atoms with Gasteiger partial charge in [-0.2, -0.15) is 0 Å². The highest BCUT2D eigenvalue weighted by Gasteiger charge is 2.34. The molecular formula is C29H22Br2N2O7S. The molecule has 210 valence electrons. The summed E-state index contributed by atoms with van der Waals surface area (Å²) in [5.41, 5.74) is 2.38. The Hall–Kier alpha value is -3.74. The maximum absolute atomic E-state index is 12.8. The highest BCUT2D eigenvalue weighted by atomic mass is 79.9. The van der Waals surface area contributed by atoms with Crippen LogP contribution in [0, 0.1) is 17.0 Å². The second kappa shape index (κ2) is 13.3. The SMILES string of the molecule is CCOC(=O)C1=C(O)/C(=C/c2cc(Br)c(OCc3cccc([N+](=O)[O-])c3)c(Br)c2)SC1=NC(=O)c1ccc(C)cc1. The Morgan fingerprint density at radius 2 is 1.78 bits per heavy atom. The number of nitrogens with zero attached hydrogens (tertiary/aromatic N) is 2. The van der Waals surface area contributed by atoms with Crippen molar-refractivity contribution in [3.05, 3.63) is 118 Å². The Labute approximate surface area is 256 Å². The van der Waals surface area contributed by atoms with E-state index in [-0.39, 0.29) is 35.3 Å². The largest absolute Gasteiger partial charge is 0.506 e. The van der Waals surface area contributed by atoms with Crippen molar-refractivity contribution in [2.24, 2.45) is 4.99 Å². The molecule has 0 aromatic heterocycles. The number of rotatable bonds is 8. The summed E-state index contributed by atoms with van der Waals surface area (Å²) in [6.07, 6.45) is 1.64. The lowest BCUT2D eigenvalue weighted by atomic mass is 10.1. The summed E-state index contributed by atoms with van der Waals surface area (Å²) in [4.78, 5) is 40.5. The Bertz CT molecular complexity index is 1610. The van der Waals surface area contributed by atoms with Crippen LogP contribution in [-0.2, 0) is 16.1 Å². The summed E-state index contributed by atoms with van der Waals surface area (Å²) >= 11 is 7.95. The molecule has 1 aliphatic rings. The molecule has 41 heavy (non-hydrogen) atoms. The predicted molar refractivity (Wildman–Crippen MR) is 164 cm³/mol. The number of thioether (sulfide) groups is 1. The van der Waals surface area contributed by atoms with E-state index in [1.54, 1.807) is 61.5 Å². The number of nitro benzene ring substituents is 1. The molecule has 0 radical (unpaired) electrons. The Kier molecular flexibility index (Phi) is 9.79. The molecule has 0 saturated heterocycles. The van der Waals surface area contributed by atoms with E-state index >= 15 is 0 Å². The second-order valence-electron chi connectivity index (χ2n) is 8.67. The van der Waals surface area contributed by atoms with Crippen LogP contribution in [0.1, 0.15) is 34.0 Å². The molecule has 0 spiro atoms. The number of halogens is 2. The topological polar surface area (TPSA) is 128 Å². The molecule has 1 N–H and O–H groups in total. The van der Waals surface area contributed by atoms with Gasteiger partial charge in [0.25, 0.3) is 11.6 Å². The molecular weight excluding hydrogens is 680 g/mol. The summed E-state index contributed by atoms with van der Waals surface area (Å²) in [5.74, 6) is -1.22. The minimum absolute atomic E-state index is 0.0289. The van der Waals surface area contributed by atoms with E-state index < -0.39 is 16.8 Å². The smallest absolute Gasteiger partial charge is 0.344 e. The average Bonchev–Trinajstić information content (AvgIpc) is 3.22. The fourth-order valence-electron chi connectivity index (χ4n) is 3.71. The first-order valence-corrected chi connectivity index (χ1v) is 14.5. The predicted octanol–water partition coefficient (Wildman–Crippen LogP) is 7.71. The first-order chi connectivity index (χ1) is 19.6. The van der Waals surface area contributed by atoms with Gasteiger partial charge in [-0.1, -0.05) is 41.6 Å². The van der Waals surface area contributed by atoms with Gasteiger partial charge in [-0.3, -0.25) is 14.9 Å². The number of amides is 1. The number of benzene rings is 3. The van der Waals surface area contributed by atoms with Crippen LogP contribution in [0.25, 0.3) is 6.08 Å². The van der Waals surface area contributed by atoms with E-state index in [0.29, 0.717) is 36.3 Å². The van der Waals surface area contributed by atoms with Crippen molar-refractivity contribution in [1.82, 2.24) is 0 Å². The number of carbonyl (C=O) groups excluding carboxylic acids is 2. The molecule has 0 unspecified atom stereocenters. The average molecular weight is 702 g/mol. The van der Waals surface area contributed by atoms with Gasteiger partial charge in [0, 0.05) is 17.7 Å². The molecule has 1 aliphatic heterocycles. The number of non-ortho nitro benzene ring substituents is 1. The monoisotopic (exact) mass is 700 g/mol. The third-order valence-electron chi connectivity index (χ3n) is 5.69. The lowest BCUT2D eigenvalue weighted by molar-refractivity contribution is -0.384. The van der Waals surface area contributed by atoms with E-state index in [1.165, 1.54) is 12.1 Å². The zero-order chi connectivity index (χ0) is 29.7. The number of aliphatic imine (C=N–C) groups is 1. The van der Waals surface area contributed by atoms with E-state index in [1.807, 2.05) is 6.92 Å². The molecule has 3 aromatic carbocycles. The molecule has 0 aliphatic carbocycles. The number of aliphatic hydroxyl groups is 1. The number of aryl methyl sites for hydroxylation is 1. The van der Waals surface area contributed by atoms with Gasteiger partial charge in [-0.05, 0) is 87.2 Å². The van der Waals surface area contributed by atoms with Crippen molar-refractivity contribution in [2.75, 3.05) is 6.61 Å². The zero-order valence-electron chi connectivity index (χ0n) is 21.7. The molecule has 3 aromatic rings. The van der Waals surface area contributed by atoms with E-state index in [2.05, 4.69) is 36.9 Å². The molecule has 1 heterocycles. The van der Waals surface area contributed by atoms with Crippen molar-refractivity contribution < 1.29 is 29.1 Å².